The number of thiophene rings is 1. The molecule has 37 heavy (non-hydrogen) atoms. The molecule has 206 valence electrons. The minimum Gasteiger partial charge on any atom is -0.494 e. The van der Waals surface area contributed by atoms with E-state index in [2.05, 4.69) is 25.7 Å². The van der Waals surface area contributed by atoms with E-state index < -0.39 is 0 Å². The molecule has 2 N–H and O–H groups in total. The Bertz CT molecular complexity index is 1060. The minimum atomic E-state index is 0. The van der Waals surface area contributed by atoms with Crippen molar-refractivity contribution in [2.24, 2.45) is 0 Å². The van der Waals surface area contributed by atoms with Crippen molar-refractivity contribution < 1.29 is 9.53 Å². The molecule has 0 aliphatic carbocycles. The minimum absolute atomic E-state index is 0. The van der Waals surface area contributed by atoms with Gasteiger partial charge in [-0.1, -0.05) is 40.0 Å². The van der Waals surface area contributed by atoms with E-state index in [1.54, 1.807) is 11.3 Å². The van der Waals surface area contributed by atoms with Crippen molar-refractivity contribution in [1.82, 2.24) is 4.90 Å². The van der Waals surface area contributed by atoms with Crippen molar-refractivity contribution in [2.75, 3.05) is 32.0 Å². The summed E-state index contributed by atoms with van der Waals surface area (Å²) in [6, 6.07) is 13.5. The highest BCUT2D eigenvalue weighted by Gasteiger charge is 2.20. The van der Waals surface area contributed by atoms with Crippen LogP contribution >= 0.6 is 36.2 Å². The van der Waals surface area contributed by atoms with Crippen LogP contribution in [-0.2, 0) is 6.42 Å². The Kier molecular flexibility index (Phi) is 15.9. The van der Waals surface area contributed by atoms with Crippen LogP contribution in [0.15, 0.2) is 42.5 Å². The van der Waals surface area contributed by atoms with Gasteiger partial charge in [-0.3, -0.25) is 4.79 Å². The number of benzene rings is 2. The second kappa shape index (κ2) is 17.7. The lowest BCUT2D eigenvalue weighted by Crippen LogP contribution is -2.28. The van der Waals surface area contributed by atoms with Gasteiger partial charge < -0.3 is 15.4 Å². The fourth-order valence-electron chi connectivity index (χ4n) is 4.35. The number of anilines is 1. The molecule has 1 aromatic heterocycles. The van der Waals surface area contributed by atoms with Crippen LogP contribution in [0, 0.1) is 0 Å². The van der Waals surface area contributed by atoms with Crippen molar-refractivity contribution >= 4 is 57.7 Å². The molecule has 1 heterocycles. The molecule has 0 saturated carbocycles. The van der Waals surface area contributed by atoms with Crippen LogP contribution in [-0.4, -0.2) is 36.9 Å². The van der Waals surface area contributed by atoms with Crippen LogP contribution in [0.3, 0.4) is 0 Å². The number of carbonyl (C=O) groups excluding carboxylic acids is 1. The Balaban J connectivity index is 0.00000342. The van der Waals surface area contributed by atoms with Gasteiger partial charge in [0.25, 0.3) is 0 Å². The van der Waals surface area contributed by atoms with E-state index in [1.165, 1.54) is 38.8 Å². The summed E-state index contributed by atoms with van der Waals surface area (Å²) in [5.41, 5.74) is 8.27. The number of unbranched alkanes of at least 4 members (excludes halogenated alkanes) is 3. The number of hydrogen-bond donors (Lipinski definition) is 1. The van der Waals surface area contributed by atoms with Gasteiger partial charge in [-0.05, 0) is 87.7 Å². The molecule has 0 saturated heterocycles. The number of ether oxygens (including phenoxy) is 1. The van der Waals surface area contributed by atoms with Gasteiger partial charge in [0.2, 0.25) is 0 Å². The summed E-state index contributed by atoms with van der Waals surface area (Å²) >= 11 is 1.72. The van der Waals surface area contributed by atoms with Gasteiger partial charge in [0, 0.05) is 38.3 Å². The van der Waals surface area contributed by atoms with Gasteiger partial charge in [0.1, 0.15) is 5.75 Å². The molecule has 0 amide bonds. The van der Waals surface area contributed by atoms with Crippen molar-refractivity contribution in [1.29, 1.82) is 0 Å². The van der Waals surface area contributed by atoms with Gasteiger partial charge in [-0.2, -0.15) is 0 Å². The average Bonchev–Trinajstić information content (AvgIpc) is 3.23. The lowest BCUT2D eigenvalue weighted by atomic mass is 9.98. The molecule has 2 aromatic carbocycles. The third kappa shape index (κ3) is 9.79. The molecule has 0 fully saturated rings. The fourth-order valence-corrected chi connectivity index (χ4v) is 5.58. The molecule has 0 bridgehead atoms. The Labute approximate surface area is 239 Å². The smallest absolute Gasteiger partial charge is 0.194 e. The van der Waals surface area contributed by atoms with E-state index in [1.807, 2.05) is 42.5 Å². The molecule has 0 atom stereocenters. The number of aryl methyl sites for hydroxylation is 1. The van der Waals surface area contributed by atoms with Crippen molar-refractivity contribution in [3.63, 3.8) is 0 Å². The third-order valence-corrected chi connectivity index (χ3v) is 7.66. The SMILES string of the molecule is CCCCc1sc2ccc(N)cc2c1C(=O)c1ccc(OCCCN(CCCC)CCCC)cc1.Cl.Cl. The van der Waals surface area contributed by atoms with E-state index in [9.17, 15) is 4.79 Å². The Hall–Kier alpha value is -1.79. The van der Waals surface area contributed by atoms with Crippen molar-refractivity contribution in [2.45, 2.75) is 72.1 Å². The highest BCUT2D eigenvalue weighted by Crippen LogP contribution is 2.35. The zero-order chi connectivity index (χ0) is 25.0. The van der Waals surface area contributed by atoms with Gasteiger partial charge in [0.15, 0.2) is 5.78 Å². The van der Waals surface area contributed by atoms with Crippen LogP contribution in [0.4, 0.5) is 5.69 Å². The van der Waals surface area contributed by atoms with E-state index >= 15 is 0 Å². The van der Waals surface area contributed by atoms with E-state index in [4.69, 9.17) is 10.5 Å². The zero-order valence-electron chi connectivity index (χ0n) is 22.6. The highest BCUT2D eigenvalue weighted by atomic mass is 35.5. The summed E-state index contributed by atoms with van der Waals surface area (Å²) in [4.78, 5) is 17.3. The molecule has 3 rings (SSSR count). The predicted octanol–water partition coefficient (Wildman–Crippen LogP) is 8.57. The van der Waals surface area contributed by atoms with Crippen molar-refractivity contribution in [3.05, 3.63) is 58.5 Å². The van der Waals surface area contributed by atoms with Gasteiger partial charge >= 0.3 is 0 Å². The maximum absolute atomic E-state index is 13.6. The molecule has 7 heteroatoms. The first-order valence-electron chi connectivity index (χ1n) is 13.4. The summed E-state index contributed by atoms with van der Waals surface area (Å²) in [5.74, 6) is 0.892. The lowest BCUT2D eigenvalue weighted by molar-refractivity contribution is 0.104. The highest BCUT2D eigenvalue weighted by molar-refractivity contribution is 7.19. The summed E-state index contributed by atoms with van der Waals surface area (Å²) in [7, 11) is 0. The first-order chi connectivity index (χ1) is 17.1. The molecule has 0 radical (unpaired) electrons. The second-order valence-electron chi connectivity index (χ2n) is 9.36. The average molecular weight is 568 g/mol. The number of carbonyl (C=O) groups is 1. The van der Waals surface area contributed by atoms with Gasteiger partial charge in [-0.15, -0.1) is 36.2 Å². The van der Waals surface area contributed by atoms with E-state index in [0.717, 1.165) is 58.5 Å². The van der Waals surface area contributed by atoms with Crippen LogP contribution in [0.2, 0.25) is 0 Å². The number of halogens is 2. The number of ketones is 1. The monoisotopic (exact) mass is 566 g/mol. The van der Waals surface area contributed by atoms with Crippen LogP contribution in [0.25, 0.3) is 10.1 Å². The summed E-state index contributed by atoms with van der Waals surface area (Å²) in [6.45, 7) is 10.8. The number of nitrogens with two attached hydrogens (primary N) is 1. The van der Waals surface area contributed by atoms with Gasteiger partial charge in [-0.25, -0.2) is 0 Å². The Morgan fingerprint density at radius 2 is 1.49 bits per heavy atom. The van der Waals surface area contributed by atoms with E-state index in [0.29, 0.717) is 17.9 Å². The first-order valence-corrected chi connectivity index (χ1v) is 14.2. The van der Waals surface area contributed by atoms with E-state index in [-0.39, 0.29) is 30.6 Å². The standard InChI is InChI=1S/C30H42N2O2S.2ClH/c1-4-7-11-28-29(26-22-24(31)14-17-27(26)35-28)30(33)23-12-15-25(16-13-23)34-21-10-20-32(18-8-5-2)19-9-6-3;;/h12-17,22H,4-11,18-21,31H2,1-3H3;2*1H. The quantitative estimate of drug-likeness (QED) is 0.107. The second-order valence-corrected chi connectivity index (χ2v) is 10.5. The molecule has 0 spiro atoms. The predicted molar refractivity (Wildman–Crippen MR) is 166 cm³/mol. The van der Waals surface area contributed by atoms with Gasteiger partial charge in [0.05, 0.1) is 6.61 Å². The lowest BCUT2D eigenvalue weighted by Gasteiger charge is -2.21. The number of hydrogen-bond acceptors (Lipinski definition) is 5. The molecular formula is C30H44Cl2N2O2S. The molecule has 0 aliphatic rings. The number of rotatable bonds is 16. The fraction of sp³-hybridized carbons (Fsp3) is 0.500. The van der Waals surface area contributed by atoms with Crippen LogP contribution in [0.1, 0.15) is 86.5 Å². The normalized spacial score (nSPS) is 10.8. The molecule has 0 aliphatic heterocycles. The maximum Gasteiger partial charge on any atom is 0.194 e. The number of nitrogen functional groups attached to an aromatic ring is 1. The third-order valence-electron chi connectivity index (χ3n) is 6.43. The summed E-state index contributed by atoms with van der Waals surface area (Å²) < 4.78 is 7.13. The molecule has 4 nitrogen and oxygen atoms in total. The van der Waals surface area contributed by atoms with Crippen LogP contribution in [0.5, 0.6) is 5.75 Å². The number of nitrogens with zero attached hydrogens (tertiary/aromatic N) is 1. The maximum atomic E-state index is 13.6. The largest absolute Gasteiger partial charge is 0.494 e. The summed E-state index contributed by atoms with van der Waals surface area (Å²) in [6.07, 6.45) is 9.09. The molecule has 3 aromatic rings. The molecular weight excluding hydrogens is 523 g/mol. The zero-order valence-corrected chi connectivity index (χ0v) is 25.0. The Morgan fingerprint density at radius 1 is 0.865 bits per heavy atom. The summed E-state index contributed by atoms with van der Waals surface area (Å²) in [5, 5.41) is 0.974. The van der Waals surface area contributed by atoms with Crippen molar-refractivity contribution in [3.8, 4) is 5.75 Å². The topological polar surface area (TPSA) is 55.6 Å². The van der Waals surface area contributed by atoms with Crippen LogP contribution < -0.4 is 10.5 Å². The Morgan fingerprint density at radius 3 is 2.11 bits per heavy atom. The first kappa shape index (κ1) is 33.2. The molecule has 0 unspecified atom stereocenters. The number of fused-ring (bicyclic) bond motifs is 1.